The SMILES string of the molecule is CCCCCCCC(F)Oc1ccc2c(ccc3ccccc32)c1. The highest BCUT2D eigenvalue weighted by atomic mass is 19.1. The Labute approximate surface area is 143 Å². The first kappa shape index (κ1) is 16.8. The van der Waals surface area contributed by atoms with Crippen LogP contribution in [0, 0.1) is 0 Å². The Morgan fingerprint density at radius 2 is 1.58 bits per heavy atom. The molecule has 3 aromatic rings. The van der Waals surface area contributed by atoms with E-state index in [9.17, 15) is 4.39 Å². The average Bonchev–Trinajstić information content (AvgIpc) is 2.61. The lowest BCUT2D eigenvalue weighted by atomic mass is 10.0. The average molecular weight is 324 g/mol. The van der Waals surface area contributed by atoms with E-state index in [1.807, 2.05) is 30.3 Å². The Morgan fingerprint density at radius 1 is 0.833 bits per heavy atom. The molecule has 0 N–H and O–H groups in total. The Morgan fingerprint density at radius 3 is 2.46 bits per heavy atom. The third kappa shape index (κ3) is 4.05. The molecule has 0 radical (unpaired) electrons. The number of hydrogen-bond donors (Lipinski definition) is 0. The van der Waals surface area contributed by atoms with Gasteiger partial charge in [-0.25, -0.2) is 4.39 Å². The Bertz CT molecular complexity index is 796. The lowest BCUT2D eigenvalue weighted by molar-refractivity contribution is 0.0570. The molecular weight excluding hydrogens is 299 g/mol. The van der Waals surface area contributed by atoms with Crippen molar-refractivity contribution >= 4 is 21.5 Å². The van der Waals surface area contributed by atoms with Gasteiger partial charge in [-0.15, -0.1) is 0 Å². The van der Waals surface area contributed by atoms with Crippen LogP contribution in [0.4, 0.5) is 4.39 Å². The van der Waals surface area contributed by atoms with Crippen LogP contribution in [0.5, 0.6) is 5.75 Å². The van der Waals surface area contributed by atoms with Crippen LogP contribution in [-0.2, 0) is 0 Å². The normalized spacial score (nSPS) is 12.6. The molecule has 0 saturated carbocycles. The van der Waals surface area contributed by atoms with Crippen LogP contribution in [0.25, 0.3) is 21.5 Å². The van der Waals surface area contributed by atoms with Crippen molar-refractivity contribution in [3.05, 3.63) is 54.6 Å². The van der Waals surface area contributed by atoms with E-state index in [1.54, 1.807) is 0 Å². The molecule has 0 saturated heterocycles. The molecule has 0 bridgehead atoms. The standard InChI is InChI=1S/C22H25FO/c1-2-3-4-5-6-11-22(23)24-19-14-15-21-18(16-19)13-12-17-9-7-8-10-20(17)21/h7-10,12-16,22H,2-6,11H2,1H3. The number of fused-ring (bicyclic) bond motifs is 3. The summed E-state index contributed by atoms with van der Waals surface area (Å²) in [4.78, 5) is 0. The molecule has 3 rings (SSSR count). The van der Waals surface area contributed by atoms with E-state index in [0.717, 1.165) is 18.2 Å². The largest absolute Gasteiger partial charge is 0.460 e. The molecule has 1 unspecified atom stereocenters. The van der Waals surface area contributed by atoms with Crippen molar-refractivity contribution in [2.45, 2.75) is 51.8 Å². The van der Waals surface area contributed by atoms with Crippen LogP contribution in [0.3, 0.4) is 0 Å². The Kier molecular flexibility index (Phi) is 5.68. The van der Waals surface area contributed by atoms with Gasteiger partial charge in [-0.3, -0.25) is 0 Å². The topological polar surface area (TPSA) is 9.23 Å². The number of benzene rings is 3. The molecule has 3 aromatic carbocycles. The number of unbranched alkanes of at least 4 members (excludes halogenated alkanes) is 4. The summed E-state index contributed by atoms with van der Waals surface area (Å²) in [5, 5.41) is 4.69. The third-order valence-corrected chi connectivity index (χ3v) is 4.52. The maximum absolute atomic E-state index is 14.0. The van der Waals surface area contributed by atoms with Crippen molar-refractivity contribution in [2.75, 3.05) is 0 Å². The molecule has 0 spiro atoms. The molecule has 2 heteroatoms. The zero-order valence-corrected chi connectivity index (χ0v) is 14.3. The predicted octanol–water partition coefficient (Wildman–Crippen LogP) is 7.03. The first-order valence-corrected chi connectivity index (χ1v) is 9.00. The fraction of sp³-hybridized carbons (Fsp3) is 0.364. The van der Waals surface area contributed by atoms with Crippen molar-refractivity contribution in [3.63, 3.8) is 0 Å². The first-order chi connectivity index (χ1) is 11.8. The van der Waals surface area contributed by atoms with Gasteiger partial charge in [0.05, 0.1) is 0 Å². The zero-order chi connectivity index (χ0) is 16.8. The molecule has 0 aliphatic rings. The second-order valence-corrected chi connectivity index (χ2v) is 6.40. The quantitative estimate of drug-likeness (QED) is 0.319. The number of hydrogen-bond acceptors (Lipinski definition) is 1. The number of alkyl halides is 1. The van der Waals surface area contributed by atoms with Crippen molar-refractivity contribution in [2.24, 2.45) is 0 Å². The summed E-state index contributed by atoms with van der Waals surface area (Å²) >= 11 is 0. The fourth-order valence-electron chi connectivity index (χ4n) is 3.18. The second-order valence-electron chi connectivity index (χ2n) is 6.40. The van der Waals surface area contributed by atoms with Gasteiger partial charge in [0, 0.05) is 6.42 Å². The van der Waals surface area contributed by atoms with E-state index in [4.69, 9.17) is 4.74 Å². The van der Waals surface area contributed by atoms with Gasteiger partial charge in [0.1, 0.15) is 5.75 Å². The molecule has 0 aliphatic heterocycles. The predicted molar refractivity (Wildman–Crippen MR) is 100 cm³/mol. The minimum atomic E-state index is -1.22. The molecule has 126 valence electrons. The van der Waals surface area contributed by atoms with Crippen LogP contribution in [0.1, 0.15) is 45.4 Å². The third-order valence-electron chi connectivity index (χ3n) is 4.52. The van der Waals surface area contributed by atoms with Crippen LogP contribution in [-0.4, -0.2) is 6.36 Å². The summed E-state index contributed by atoms with van der Waals surface area (Å²) in [7, 11) is 0. The minimum absolute atomic E-state index is 0.472. The second kappa shape index (κ2) is 8.14. The molecule has 0 heterocycles. The summed E-state index contributed by atoms with van der Waals surface area (Å²) in [6.07, 6.45) is 4.86. The Balaban J connectivity index is 1.66. The van der Waals surface area contributed by atoms with Gasteiger partial charge in [0.2, 0.25) is 6.36 Å². The smallest absolute Gasteiger partial charge is 0.238 e. The summed E-state index contributed by atoms with van der Waals surface area (Å²) in [5.74, 6) is 0.610. The first-order valence-electron chi connectivity index (χ1n) is 9.00. The number of halogens is 1. The molecule has 0 aromatic heterocycles. The summed E-state index contributed by atoms with van der Waals surface area (Å²) in [6.45, 7) is 2.18. The van der Waals surface area contributed by atoms with Gasteiger partial charge in [-0.2, -0.15) is 0 Å². The maximum Gasteiger partial charge on any atom is 0.238 e. The molecule has 1 atom stereocenters. The van der Waals surface area contributed by atoms with E-state index in [0.29, 0.717) is 12.2 Å². The lowest BCUT2D eigenvalue weighted by Gasteiger charge is -2.12. The Hall–Kier alpha value is -2.09. The lowest BCUT2D eigenvalue weighted by Crippen LogP contribution is -2.09. The van der Waals surface area contributed by atoms with Crippen LogP contribution in [0.15, 0.2) is 54.6 Å². The highest BCUT2D eigenvalue weighted by Gasteiger charge is 2.09. The van der Waals surface area contributed by atoms with E-state index in [2.05, 4.69) is 31.2 Å². The van der Waals surface area contributed by atoms with Crippen LogP contribution < -0.4 is 4.74 Å². The van der Waals surface area contributed by atoms with E-state index >= 15 is 0 Å². The summed E-state index contributed by atoms with van der Waals surface area (Å²) in [6, 6.07) is 18.3. The molecule has 24 heavy (non-hydrogen) atoms. The monoisotopic (exact) mass is 324 g/mol. The summed E-state index contributed by atoms with van der Waals surface area (Å²) in [5.41, 5.74) is 0. The van der Waals surface area contributed by atoms with Gasteiger partial charge in [-0.05, 0) is 40.1 Å². The van der Waals surface area contributed by atoms with Gasteiger partial charge in [0.25, 0.3) is 0 Å². The fourth-order valence-corrected chi connectivity index (χ4v) is 3.18. The maximum atomic E-state index is 14.0. The van der Waals surface area contributed by atoms with Crippen molar-refractivity contribution in [1.82, 2.24) is 0 Å². The zero-order valence-electron chi connectivity index (χ0n) is 14.3. The molecular formula is C22H25FO. The molecule has 0 amide bonds. The van der Waals surface area contributed by atoms with Crippen LogP contribution in [0.2, 0.25) is 0 Å². The molecule has 1 nitrogen and oxygen atoms in total. The van der Waals surface area contributed by atoms with Crippen molar-refractivity contribution in [1.29, 1.82) is 0 Å². The van der Waals surface area contributed by atoms with Gasteiger partial charge < -0.3 is 4.74 Å². The van der Waals surface area contributed by atoms with Crippen molar-refractivity contribution < 1.29 is 9.13 Å². The minimum Gasteiger partial charge on any atom is -0.460 e. The highest BCUT2D eigenvalue weighted by Crippen LogP contribution is 2.29. The molecule has 0 aliphatic carbocycles. The van der Waals surface area contributed by atoms with Crippen molar-refractivity contribution in [3.8, 4) is 5.75 Å². The van der Waals surface area contributed by atoms with Gasteiger partial charge >= 0.3 is 0 Å². The summed E-state index contributed by atoms with van der Waals surface area (Å²) < 4.78 is 19.5. The van der Waals surface area contributed by atoms with Crippen LogP contribution >= 0.6 is 0 Å². The van der Waals surface area contributed by atoms with E-state index in [1.165, 1.54) is 35.4 Å². The number of ether oxygens (including phenoxy) is 1. The van der Waals surface area contributed by atoms with E-state index < -0.39 is 6.36 Å². The van der Waals surface area contributed by atoms with Gasteiger partial charge in [0.15, 0.2) is 0 Å². The van der Waals surface area contributed by atoms with Gasteiger partial charge in [-0.1, -0.05) is 75.1 Å². The number of rotatable bonds is 8. The van der Waals surface area contributed by atoms with E-state index in [-0.39, 0.29) is 0 Å². The highest BCUT2D eigenvalue weighted by molar-refractivity contribution is 6.07. The molecule has 0 fully saturated rings.